The number of nitrogens with one attached hydrogen (secondary N) is 1. The molecule has 0 radical (unpaired) electrons. The van der Waals surface area contributed by atoms with Gasteiger partial charge in [0.1, 0.15) is 6.04 Å². The monoisotopic (exact) mass is 513 g/mol. The third kappa shape index (κ3) is 5.87. The number of halogens is 1. The Hall–Kier alpha value is -3.00. The van der Waals surface area contributed by atoms with Crippen LogP contribution in [0.4, 0.5) is 0 Å². The van der Waals surface area contributed by atoms with Crippen molar-refractivity contribution in [3.8, 4) is 0 Å². The maximum atomic E-state index is 13.2. The molecule has 0 aliphatic carbocycles. The molecule has 0 fully saturated rings. The number of carbonyl (C=O) groups is 4. The lowest BCUT2D eigenvalue weighted by atomic mass is 10.1. The summed E-state index contributed by atoms with van der Waals surface area (Å²) in [7, 11) is 0. The molecule has 4 amide bonds. The number of amides is 4. The first-order valence-electron chi connectivity index (χ1n) is 11.1. The van der Waals surface area contributed by atoms with Crippen LogP contribution in [0.1, 0.15) is 59.4 Å². The summed E-state index contributed by atoms with van der Waals surface area (Å²) in [5, 5.41) is 2.85. The molecule has 0 unspecified atom stereocenters. The lowest BCUT2D eigenvalue weighted by Crippen LogP contribution is -2.47. The average Bonchev–Trinajstić information content (AvgIpc) is 3.05. The zero-order valence-corrected chi connectivity index (χ0v) is 20.4. The molecule has 8 heteroatoms. The fourth-order valence-corrected chi connectivity index (χ4v) is 4.23. The Bertz CT molecular complexity index is 1020. The lowest BCUT2D eigenvalue weighted by Gasteiger charge is -2.29. The van der Waals surface area contributed by atoms with E-state index in [0.717, 1.165) is 16.5 Å². The van der Waals surface area contributed by atoms with Crippen molar-refractivity contribution in [1.82, 2.24) is 15.1 Å². The molecule has 0 saturated heterocycles. The first kappa shape index (κ1) is 24.6. The van der Waals surface area contributed by atoms with Gasteiger partial charge in [-0.25, -0.2) is 0 Å². The molecule has 1 aliphatic rings. The minimum atomic E-state index is -0.651. The van der Waals surface area contributed by atoms with Gasteiger partial charge < -0.3 is 10.2 Å². The third-order valence-corrected chi connectivity index (χ3v) is 6.10. The summed E-state index contributed by atoms with van der Waals surface area (Å²) in [6, 6.07) is 13.7. The predicted octanol–water partition coefficient (Wildman–Crippen LogP) is 3.77. The normalized spacial score (nSPS) is 13.6. The van der Waals surface area contributed by atoms with Gasteiger partial charge in [0.05, 0.1) is 11.1 Å². The summed E-state index contributed by atoms with van der Waals surface area (Å²) in [6.07, 6.45) is 1.24. The molecule has 3 rings (SSSR count). The van der Waals surface area contributed by atoms with Crippen molar-refractivity contribution in [2.24, 2.45) is 0 Å². The minimum absolute atomic E-state index is 0.118. The minimum Gasteiger partial charge on any atom is -0.354 e. The molecular weight excluding hydrogens is 486 g/mol. The number of hydrogen-bond acceptors (Lipinski definition) is 4. The standard InChI is InChI=1S/C25H28BrN3O4/c1-3-13-27-23(31)17(2)29(16-18-8-6-9-19(26)15-18)22(30)12-7-14-28-24(32)20-10-4-5-11-21(20)25(28)33/h4-6,8-11,15,17H,3,7,12-14,16H2,1-2H3,(H,27,31)/t17-/m0/s1. The topological polar surface area (TPSA) is 86.8 Å². The van der Waals surface area contributed by atoms with Crippen LogP contribution in [0.15, 0.2) is 53.0 Å². The number of imide groups is 1. The van der Waals surface area contributed by atoms with E-state index < -0.39 is 6.04 Å². The highest BCUT2D eigenvalue weighted by molar-refractivity contribution is 9.10. The molecule has 0 bridgehead atoms. The second-order valence-electron chi connectivity index (χ2n) is 8.03. The zero-order valence-electron chi connectivity index (χ0n) is 18.8. The second-order valence-corrected chi connectivity index (χ2v) is 8.95. The Morgan fingerprint density at radius 2 is 1.73 bits per heavy atom. The Morgan fingerprint density at radius 3 is 2.33 bits per heavy atom. The molecule has 1 N–H and O–H groups in total. The van der Waals surface area contributed by atoms with Gasteiger partial charge in [-0.15, -0.1) is 0 Å². The summed E-state index contributed by atoms with van der Waals surface area (Å²) < 4.78 is 0.890. The molecule has 2 aromatic carbocycles. The quantitative estimate of drug-likeness (QED) is 0.490. The summed E-state index contributed by atoms with van der Waals surface area (Å²) in [5.74, 6) is -1.08. The van der Waals surface area contributed by atoms with E-state index in [1.54, 1.807) is 36.1 Å². The summed E-state index contributed by atoms with van der Waals surface area (Å²) >= 11 is 3.44. The van der Waals surface area contributed by atoms with E-state index in [9.17, 15) is 19.2 Å². The smallest absolute Gasteiger partial charge is 0.261 e. The average molecular weight is 514 g/mol. The van der Waals surface area contributed by atoms with Crippen molar-refractivity contribution >= 4 is 39.6 Å². The first-order chi connectivity index (χ1) is 15.8. The highest BCUT2D eigenvalue weighted by atomic mass is 79.9. The maximum absolute atomic E-state index is 13.2. The SMILES string of the molecule is CCCNC(=O)[C@H](C)N(Cc1cccc(Br)c1)C(=O)CCCN1C(=O)c2ccccc2C1=O. The van der Waals surface area contributed by atoms with E-state index >= 15 is 0 Å². The summed E-state index contributed by atoms with van der Waals surface area (Å²) in [5.41, 5.74) is 1.69. The molecule has 1 aliphatic heterocycles. The summed E-state index contributed by atoms with van der Waals surface area (Å²) in [6.45, 7) is 4.66. The highest BCUT2D eigenvalue weighted by Crippen LogP contribution is 2.23. The third-order valence-electron chi connectivity index (χ3n) is 5.61. The van der Waals surface area contributed by atoms with E-state index in [0.29, 0.717) is 24.1 Å². The lowest BCUT2D eigenvalue weighted by molar-refractivity contribution is -0.140. The molecule has 0 spiro atoms. The van der Waals surface area contributed by atoms with Gasteiger partial charge in [-0.2, -0.15) is 0 Å². The number of nitrogens with zero attached hydrogens (tertiary/aromatic N) is 2. The van der Waals surface area contributed by atoms with Crippen LogP contribution >= 0.6 is 15.9 Å². The molecule has 1 heterocycles. The van der Waals surface area contributed by atoms with Crippen molar-refractivity contribution in [3.63, 3.8) is 0 Å². The van der Waals surface area contributed by atoms with Gasteiger partial charge in [-0.3, -0.25) is 24.1 Å². The fourth-order valence-electron chi connectivity index (χ4n) is 3.78. The van der Waals surface area contributed by atoms with Crippen LogP contribution in [0.5, 0.6) is 0 Å². The molecule has 0 aromatic heterocycles. The predicted molar refractivity (Wildman–Crippen MR) is 128 cm³/mol. The molecular formula is C25H28BrN3O4. The Labute approximate surface area is 202 Å². The number of rotatable bonds is 10. The van der Waals surface area contributed by atoms with Crippen molar-refractivity contribution in [2.45, 2.75) is 45.7 Å². The zero-order chi connectivity index (χ0) is 24.0. The van der Waals surface area contributed by atoms with E-state index in [-0.39, 0.29) is 43.1 Å². The van der Waals surface area contributed by atoms with Crippen LogP contribution in [0.25, 0.3) is 0 Å². The van der Waals surface area contributed by atoms with E-state index in [4.69, 9.17) is 0 Å². The Morgan fingerprint density at radius 1 is 1.06 bits per heavy atom. The number of carbonyl (C=O) groups excluding carboxylic acids is 4. The fraction of sp³-hybridized carbons (Fsp3) is 0.360. The Kier molecular flexibility index (Phi) is 8.38. The summed E-state index contributed by atoms with van der Waals surface area (Å²) in [4.78, 5) is 53.6. The highest BCUT2D eigenvalue weighted by Gasteiger charge is 2.35. The first-order valence-corrected chi connectivity index (χ1v) is 11.9. The molecule has 2 aromatic rings. The van der Waals surface area contributed by atoms with Crippen LogP contribution in [-0.4, -0.2) is 52.6 Å². The van der Waals surface area contributed by atoms with Crippen LogP contribution in [-0.2, 0) is 16.1 Å². The van der Waals surface area contributed by atoms with Crippen molar-refractivity contribution < 1.29 is 19.2 Å². The van der Waals surface area contributed by atoms with Crippen molar-refractivity contribution in [2.75, 3.05) is 13.1 Å². The molecule has 33 heavy (non-hydrogen) atoms. The molecule has 7 nitrogen and oxygen atoms in total. The van der Waals surface area contributed by atoms with E-state index in [1.807, 2.05) is 31.2 Å². The van der Waals surface area contributed by atoms with Crippen LogP contribution in [0.3, 0.4) is 0 Å². The number of hydrogen-bond donors (Lipinski definition) is 1. The number of benzene rings is 2. The van der Waals surface area contributed by atoms with E-state index in [1.165, 1.54) is 4.90 Å². The largest absolute Gasteiger partial charge is 0.354 e. The van der Waals surface area contributed by atoms with Gasteiger partial charge in [0.15, 0.2) is 0 Å². The maximum Gasteiger partial charge on any atom is 0.261 e. The Balaban J connectivity index is 1.66. The van der Waals surface area contributed by atoms with Crippen molar-refractivity contribution in [1.29, 1.82) is 0 Å². The van der Waals surface area contributed by atoms with Gasteiger partial charge in [0, 0.05) is 30.5 Å². The van der Waals surface area contributed by atoms with Gasteiger partial charge in [0.2, 0.25) is 11.8 Å². The van der Waals surface area contributed by atoms with Gasteiger partial charge in [0.25, 0.3) is 11.8 Å². The molecule has 0 saturated carbocycles. The molecule has 174 valence electrons. The van der Waals surface area contributed by atoms with Gasteiger partial charge in [-0.1, -0.05) is 47.1 Å². The molecule has 1 atom stereocenters. The van der Waals surface area contributed by atoms with Crippen LogP contribution in [0, 0.1) is 0 Å². The van der Waals surface area contributed by atoms with E-state index in [2.05, 4.69) is 21.2 Å². The van der Waals surface area contributed by atoms with Gasteiger partial charge in [-0.05, 0) is 49.6 Å². The van der Waals surface area contributed by atoms with Gasteiger partial charge >= 0.3 is 0 Å². The van der Waals surface area contributed by atoms with Crippen LogP contribution in [0.2, 0.25) is 0 Å². The second kappa shape index (κ2) is 11.2. The van der Waals surface area contributed by atoms with Crippen LogP contribution < -0.4 is 5.32 Å². The van der Waals surface area contributed by atoms with Crippen molar-refractivity contribution in [3.05, 3.63) is 69.7 Å². The number of fused-ring (bicyclic) bond motifs is 1.